The fourth-order valence-electron chi connectivity index (χ4n) is 1.33. The predicted octanol–water partition coefficient (Wildman–Crippen LogP) is 2.15. The van der Waals surface area contributed by atoms with Crippen LogP contribution in [0.25, 0.3) is 10.9 Å². The van der Waals surface area contributed by atoms with Crippen molar-refractivity contribution in [3.8, 4) is 0 Å². The number of benzene rings is 1. The van der Waals surface area contributed by atoms with Crippen LogP contribution in [0.3, 0.4) is 0 Å². The quantitative estimate of drug-likeness (QED) is 0.714. The van der Waals surface area contributed by atoms with Crippen molar-refractivity contribution in [2.24, 2.45) is 7.05 Å². The van der Waals surface area contributed by atoms with Gasteiger partial charge in [0, 0.05) is 28.7 Å². The van der Waals surface area contributed by atoms with Crippen molar-refractivity contribution in [2.75, 3.05) is 0 Å². The fourth-order valence-corrected chi connectivity index (χ4v) is 1.79. The third-order valence-electron chi connectivity index (χ3n) is 1.86. The molecule has 0 radical (unpaired) electrons. The van der Waals surface area contributed by atoms with Crippen LogP contribution in [0.5, 0.6) is 0 Å². The van der Waals surface area contributed by atoms with E-state index >= 15 is 0 Å². The lowest BCUT2D eigenvalue weighted by atomic mass is 10.1. The lowest BCUT2D eigenvalue weighted by Gasteiger charge is -1.93. The molecular formula is C9H7BrN2O. The smallest absolute Gasteiger partial charge is 0.150 e. The van der Waals surface area contributed by atoms with Crippen LogP contribution in [0.1, 0.15) is 10.4 Å². The van der Waals surface area contributed by atoms with Crippen LogP contribution in [0, 0.1) is 0 Å². The number of aldehydes is 1. The highest BCUT2D eigenvalue weighted by molar-refractivity contribution is 9.10. The number of aromatic nitrogens is 2. The molecule has 0 N–H and O–H groups in total. The molecule has 0 aliphatic rings. The molecule has 0 atom stereocenters. The third kappa shape index (κ3) is 1.37. The first-order valence-corrected chi connectivity index (χ1v) is 4.58. The summed E-state index contributed by atoms with van der Waals surface area (Å²) in [5, 5.41) is 5.10. The molecule has 0 saturated carbocycles. The number of rotatable bonds is 1. The maximum atomic E-state index is 10.7. The van der Waals surface area contributed by atoms with Crippen LogP contribution < -0.4 is 0 Å². The minimum Gasteiger partial charge on any atom is -0.298 e. The van der Waals surface area contributed by atoms with Gasteiger partial charge < -0.3 is 0 Å². The molecule has 0 fully saturated rings. The van der Waals surface area contributed by atoms with Crippen LogP contribution in [0.2, 0.25) is 0 Å². The van der Waals surface area contributed by atoms with Gasteiger partial charge in [0.1, 0.15) is 0 Å². The molecule has 0 aliphatic heterocycles. The van der Waals surface area contributed by atoms with Gasteiger partial charge in [0.25, 0.3) is 0 Å². The standard InChI is InChI=1S/C9H7BrN2O/c1-12-4-8-6(5-13)2-7(10)3-9(8)11-12/h2-5H,1H3. The third-order valence-corrected chi connectivity index (χ3v) is 2.32. The largest absolute Gasteiger partial charge is 0.298 e. The molecule has 0 saturated heterocycles. The summed E-state index contributed by atoms with van der Waals surface area (Å²) in [5.74, 6) is 0. The molecule has 2 aromatic rings. The summed E-state index contributed by atoms with van der Waals surface area (Å²) in [6, 6.07) is 3.68. The molecule has 3 nitrogen and oxygen atoms in total. The average molecular weight is 239 g/mol. The van der Waals surface area contributed by atoms with Gasteiger partial charge in [0.05, 0.1) is 5.52 Å². The minimum absolute atomic E-state index is 0.664. The molecule has 2 rings (SSSR count). The first-order chi connectivity index (χ1) is 6.20. The Kier molecular flexibility index (Phi) is 1.92. The van der Waals surface area contributed by atoms with Gasteiger partial charge in [-0.2, -0.15) is 5.10 Å². The second kappa shape index (κ2) is 2.96. The van der Waals surface area contributed by atoms with E-state index in [1.807, 2.05) is 19.3 Å². The molecule has 13 heavy (non-hydrogen) atoms. The zero-order valence-corrected chi connectivity index (χ0v) is 8.58. The highest BCUT2D eigenvalue weighted by Crippen LogP contribution is 2.21. The number of hydrogen-bond donors (Lipinski definition) is 0. The van der Waals surface area contributed by atoms with Gasteiger partial charge in [0.2, 0.25) is 0 Å². The highest BCUT2D eigenvalue weighted by atomic mass is 79.9. The van der Waals surface area contributed by atoms with E-state index in [0.29, 0.717) is 5.56 Å². The molecule has 0 unspecified atom stereocenters. The van der Waals surface area contributed by atoms with Gasteiger partial charge in [-0.15, -0.1) is 0 Å². The van der Waals surface area contributed by atoms with Crippen molar-refractivity contribution in [2.45, 2.75) is 0 Å². The Bertz CT molecular complexity index is 476. The molecule has 1 heterocycles. The first-order valence-electron chi connectivity index (χ1n) is 3.79. The molecule has 4 heteroatoms. The first kappa shape index (κ1) is 8.44. The van der Waals surface area contributed by atoms with Crippen molar-refractivity contribution >= 4 is 33.1 Å². The van der Waals surface area contributed by atoms with Gasteiger partial charge in [0.15, 0.2) is 6.29 Å². The van der Waals surface area contributed by atoms with Crippen LogP contribution in [-0.2, 0) is 7.05 Å². The van der Waals surface area contributed by atoms with Crippen LogP contribution in [0.4, 0.5) is 0 Å². The second-order valence-corrected chi connectivity index (χ2v) is 3.76. The Morgan fingerprint density at radius 1 is 1.54 bits per heavy atom. The van der Waals surface area contributed by atoms with E-state index in [1.54, 1.807) is 10.7 Å². The van der Waals surface area contributed by atoms with Crippen LogP contribution in [-0.4, -0.2) is 16.1 Å². The van der Waals surface area contributed by atoms with Gasteiger partial charge in [-0.3, -0.25) is 9.48 Å². The number of aryl methyl sites for hydroxylation is 1. The Labute approximate surface area is 83.5 Å². The number of carbonyl (C=O) groups is 1. The summed E-state index contributed by atoms with van der Waals surface area (Å²) in [6.45, 7) is 0. The molecule has 66 valence electrons. The van der Waals surface area contributed by atoms with Gasteiger partial charge in [-0.25, -0.2) is 0 Å². The van der Waals surface area contributed by atoms with Crippen LogP contribution in [0.15, 0.2) is 22.8 Å². The number of halogens is 1. The second-order valence-electron chi connectivity index (χ2n) is 2.85. The molecule has 0 amide bonds. The van der Waals surface area contributed by atoms with Crippen molar-refractivity contribution < 1.29 is 4.79 Å². The predicted molar refractivity (Wildman–Crippen MR) is 53.8 cm³/mol. The van der Waals surface area contributed by atoms with Crippen molar-refractivity contribution in [1.29, 1.82) is 0 Å². The highest BCUT2D eigenvalue weighted by Gasteiger charge is 2.05. The summed E-state index contributed by atoms with van der Waals surface area (Å²) in [4.78, 5) is 10.7. The summed E-state index contributed by atoms with van der Waals surface area (Å²) in [5.41, 5.74) is 1.50. The summed E-state index contributed by atoms with van der Waals surface area (Å²) in [7, 11) is 1.84. The Morgan fingerprint density at radius 3 is 3.00 bits per heavy atom. The zero-order valence-electron chi connectivity index (χ0n) is 6.99. The fraction of sp³-hybridized carbons (Fsp3) is 0.111. The number of fused-ring (bicyclic) bond motifs is 1. The van der Waals surface area contributed by atoms with E-state index in [2.05, 4.69) is 21.0 Å². The molecule has 0 bridgehead atoms. The van der Waals surface area contributed by atoms with E-state index in [-0.39, 0.29) is 0 Å². The summed E-state index contributed by atoms with van der Waals surface area (Å²) < 4.78 is 2.57. The SMILES string of the molecule is Cn1cc2c(C=O)cc(Br)cc2n1. The molecule has 0 spiro atoms. The number of carbonyl (C=O) groups excluding carboxylic acids is 1. The van der Waals surface area contributed by atoms with Gasteiger partial charge in [-0.1, -0.05) is 15.9 Å². The minimum atomic E-state index is 0.664. The Morgan fingerprint density at radius 2 is 2.31 bits per heavy atom. The van der Waals surface area contributed by atoms with Crippen molar-refractivity contribution in [3.05, 3.63) is 28.4 Å². The molecular weight excluding hydrogens is 232 g/mol. The molecule has 0 aliphatic carbocycles. The van der Waals surface area contributed by atoms with E-state index < -0.39 is 0 Å². The number of hydrogen-bond acceptors (Lipinski definition) is 2. The number of nitrogens with zero attached hydrogens (tertiary/aromatic N) is 2. The lowest BCUT2D eigenvalue weighted by Crippen LogP contribution is -1.84. The Hall–Kier alpha value is -1.16. The summed E-state index contributed by atoms with van der Waals surface area (Å²) >= 11 is 3.33. The normalized spacial score (nSPS) is 10.6. The monoisotopic (exact) mass is 238 g/mol. The van der Waals surface area contributed by atoms with Crippen LogP contribution >= 0.6 is 15.9 Å². The maximum Gasteiger partial charge on any atom is 0.150 e. The maximum absolute atomic E-state index is 10.7. The van der Waals surface area contributed by atoms with E-state index in [4.69, 9.17) is 0 Å². The van der Waals surface area contributed by atoms with Gasteiger partial charge >= 0.3 is 0 Å². The van der Waals surface area contributed by atoms with Crippen molar-refractivity contribution in [1.82, 2.24) is 9.78 Å². The topological polar surface area (TPSA) is 34.9 Å². The van der Waals surface area contributed by atoms with Gasteiger partial charge in [-0.05, 0) is 12.1 Å². The lowest BCUT2D eigenvalue weighted by molar-refractivity contribution is 0.112. The Balaban J connectivity index is 2.88. The van der Waals surface area contributed by atoms with E-state index in [1.165, 1.54) is 0 Å². The summed E-state index contributed by atoms with van der Waals surface area (Å²) in [6.07, 6.45) is 2.68. The van der Waals surface area contributed by atoms with Crippen molar-refractivity contribution in [3.63, 3.8) is 0 Å². The van der Waals surface area contributed by atoms with E-state index in [0.717, 1.165) is 21.7 Å². The molecule has 1 aromatic heterocycles. The molecule has 1 aromatic carbocycles. The zero-order chi connectivity index (χ0) is 9.42. The van der Waals surface area contributed by atoms with E-state index in [9.17, 15) is 4.79 Å². The average Bonchev–Trinajstić information content (AvgIpc) is 2.43.